The number of aliphatic hydroxyl groups is 1. The maximum Gasteiger partial charge on any atom is 0.314 e. The molecule has 1 saturated heterocycles. The van der Waals surface area contributed by atoms with Crippen LogP contribution in [0.4, 0.5) is 0 Å². The zero-order valence-electron chi connectivity index (χ0n) is 24.6. The van der Waals surface area contributed by atoms with Gasteiger partial charge in [0.2, 0.25) is 0 Å². The first kappa shape index (κ1) is 29.1. The molecule has 1 N–H and O–H groups in total. The average Bonchev–Trinajstić information content (AvgIpc) is 3.16. The predicted molar refractivity (Wildman–Crippen MR) is 152 cm³/mol. The summed E-state index contributed by atoms with van der Waals surface area (Å²) >= 11 is 1.06. The van der Waals surface area contributed by atoms with Crippen LogP contribution in [0, 0.1) is 40.4 Å². The Kier molecular flexibility index (Phi) is 7.33. The van der Waals surface area contributed by atoms with Crippen LogP contribution >= 0.6 is 11.8 Å². The third kappa shape index (κ3) is 4.78. The molecular formula is C32H46O6S. The van der Waals surface area contributed by atoms with Crippen LogP contribution in [-0.2, 0) is 23.9 Å². The molecule has 0 aromatic heterocycles. The van der Waals surface area contributed by atoms with Gasteiger partial charge >= 0.3 is 5.97 Å². The van der Waals surface area contributed by atoms with Gasteiger partial charge in [-0.1, -0.05) is 44.2 Å². The molecule has 5 rings (SSSR count). The van der Waals surface area contributed by atoms with Crippen molar-refractivity contribution in [1.29, 1.82) is 0 Å². The quantitative estimate of drug-likeness (QED) is 0.245. The van der Waals surface area contributed by atoms with Crippen molar-refractivity contribution in [2.45, 2.75) is 110 Å². The molecule has 6 nitrogen and oxygen atoms in total. The van der Waals surface area contributed by atoms with Crippen molar-refractivity contribution in [3.63, 3.8) is 0 Å². The van der Waals surface area contributed by atoms with E-state index in [1.165, 1.54) is 0 Å². The Bertz CT molecular complexity index is 1110. The lowest BCUT2D eigenvalue weighted by atomic mass is 9.46. The lowest BCUT2D eigenvalue weighted by Crippen LogP contribution is -2.55. The van der Waals surface area contributed by atoms with Crippen LogP contribution < -0.4 is 0 Å². The second-order valence-corrected chi connectivity index (χ2v) is 15.0. The maximum atomic E-state index is 12.8. The second kappa shape index (κ2) is 9.84. The Labute approximate surface area is 237 Å². The van der Waals surface area contributed by atoms with Gasteiger partial charge in [-0.2, -0.15) is 0 Å². The summed E-state index contributed by atoms with van der Waals surface area (Å²) in [5.74, 6) is 0.884. The number of aliphatic hydroxyl groups excluding tert-OH is 1. The van der Waals surface area contributed by atoms with E-state index in [4.69, 9.17) is 9.47 Å². The van der Waals surface area contributed by atoms with Crippen LogP contribution in [0.2, 0.25) is 0 Å². The van der Waals surface area contributed by atoms with Crippen LogP contribution in [0.5, 0.6) is 0 Å². The van der Waals surface area contributed by atoms with E-state index in [1.54, 1.807) is 18.4 Å². The molecule has 216 valence electrons. The number of ketones is 1. The Balaban J connectivity index is 1.39. The maximum absolute atomic E-state index is 12.8. The zero-order chi connectivity index (χ0) is 28.5. The fourth-order valence-electron chi connectivity index (χ4n) is 9.28. The monoisotopic (exact) mass is 558 g/mol. The predicted octanol–water partition coefficient (Wildman–Crippen LogP) is 5.67. The zero-order valence-corrected chi connectivity index (χ0v) is 25.4. The van der Waals surface area contributed by atoms with Gasteiger partial charge < -0.3 is 14.6 Å². The normalized spacial score (nSPS) is 43.4. The van der Waals surface area contributed by atoms with Gasteiger partial charge in [-0.3, -0.25) is 14.4 Å². The van der Waals surface area contributed by atoms with Gasteiger partial charge in [-0.05, 0) is 106 Å². The summed E-state index contributed by atoms with van der Waals surface area (Å²) in [5, 5.41) is 11.3. The molecule has 1 aliphatic heterocycles. The van der Waals surface area contributed by atoms with Gasteiger partial charge in [0.15, 0.2) is 10.9 Å². The third-order valence-corrected chi connectivity index (χ3v) is 12.6. The highest BCUT2D eigenvalue weighted by Crippen LogP contribution is 2.67. The number of epoxide rings is 1. The SMILES string of the molecule is CSC(=O)CC(=O)O[C@H](C[C@]1(C)OC1(C)C)[C@@H](C)[C@H]1CC[C@H]2[C@@H]3[C@H](O)CC4=CC(=O)C=C[C@]4(C)[C@H]3CC[C@]12C. The summed E-state index contributed by atoms with van der Waals surface area (Å²) in [4.78, 5) is 36.9. The van der Waals surface area contributed by atoms with E-state index >= 15 is 0 Å². The topological polar surface area (TPSA) is 93.2 Å². The van der Waals surface area contributed by atoms with E-state index in [0.29, 0.717) is 30.6 Å². The average molecular weight is 559 g/mol. The van der Waals surface area contributed by atoms with Gasteiger partial charge in [0.1, 0.15) is 12.5 Å². The highest BCUT2D eigenvalue weighted by atomic mass is 32.2. The first-order chi connectivity index (χ1) is 18.1. The summed E-state index contributed by atoms with van der Waals surface area (Å²) in [6.07, 6.45) is 11.6. The van der Waals surface area contributed by atoms with Gasteiger partial charge in [-0.15, -0.1) is 0 Å². The Morgan fingerprint density at radius 3 is 2.49 bits per heavy atom. The fraction of sp³-hybridized carbons (Fsp3) is 0.781. The van der Waals surface area contributed by atoms with E-state index in [-0.39, 0.29) is 57.3 Å². The molecule has 39 heavy (non-hydrogen) atoms. The Hall–Kier alpha value is -1.44. The third-order valence-electron chi connectivity index (χ3n) is 12.0. The standard InChI is InChI=1S/C32H46O6S/c1-18(25(17-32(6)29(2,3)38-32)37-26(35)16-27(36)39-7)21-8-9-22-28-23(11-13-31(21,22)5)30(4)12-10-20(33)14-19(30)15-24(28)34/h10,12,14,18,21-25,28,34H,8-9,11,13,15-17H2,1-7H3/t18-,21+,22-,23-,24+,25+,28-,30-,31+,32-/m0/s1. The van der Waals surface area contributed by atoms with Crippen LogP contribution in [0.15, 0.2) is 23.8 Å². The molecule has 0 amide bonds. The largest absolute Gasteiger partial charge is 0.462 e. The molecular weight excluding hydrogens is 512 g/mol. The van der Waals surface area contributed by atoms with Crippen LogP contribution in [0.1, 0.15) is 86.5 Å². The summed E-state index contributed by atoms with van der Waals surface area (Å²) in [6.45, 7) is 13.1. The number of carbonyl (C=O) groups is 3. The van der Waals surface area contributed by atoms with Crippen LogP contribution in [0.25, 0.3) is 0 Å². The number of ether oxygens (including phenoxy) is 2. The molecule has 10 atom stereocenters. The van der Waals surface area contributed by atoms with Crippen LogP contribution in [0.3, 0.4) is 0 Å². The molecule has 5 aliphatic rings. The van der Waals surface area contributed by atoms with Gasteiger partial charge in [0.05, 0.1) is 17.3 Å². The van der Waals surface area contributed by atoms with Gasteiger partial charge in [0.25, 0.3) is 0 Å². The number of hydrogen-bond acceptors (Lipinski definition) is 7. The fourth-order valence-corrected chi connectivity index (χ4v) is 9.54. The lowest BCUT2D eigenvalue weighted by molar-refractivity contribution is -0.157. The van der Waals surface area contributed by atoms with Crippen molar-refractivity contribution >= 4 is 28.6 Å². The summed E-state index contributed by atoms with van der Waals surface area (Å²) in [7, 11) is 0. The Morgan fingerprint density at radius 2 is 1.85 bits per heavy atom. The smallest absolute Gasteiger partial charge is 0.314 e. The molecule has 1 heterocycles. The molecule has 0 spiro atoms. The van der Waals surface area contributed by atoms with Crippen molar-refractivity contribution in [3.05, 3.63) is 23.8 Å². The number of allylic oxidation sites excluding steroid dienone is 3. The van der Waals surface area contributed by atoms with Crippen molar-refractivity contribution in [3.8, 4) is 0 Å². The van der Waals surface area contributed by atoms with Crippen molar-refractivity contribution < 1.29 is 29.0 Å². The summed E-state index contributed by atoms with van der Waals surface area (Å²) in [5.41, 5.74) is 0.298. The molecule has 3 saturated carbocycles. The minimum absolute atomic E-state index is 0.0217. The van der Waals surface area contributed by atoms with E-state index in [0.717, 1.165) is 43.0 Å². The van der Waals surface area contributed by atoms with E-state index < -0.39 is 12.1 Å². The minimum Gasteiger partial charge on any atom is -0.462 e. The molecule has 0 aromatic rings. The van der Waals surface area contributed by atoms with Crippen molar-refractivity contribution in [2.24, 2.45) is 40.4 Å². The number of carbonyl (C=O) groups excluding carboxylic acids is 3. The van der Waals surface area contributed by atoms with E-state index in [2.05, 4.69) is 47.6 Å². The molecule has 4 aliphatic carbocycles. The minimum atomic E-state index is -0.453. The second-order valence-electron chi connectivity index (χ2n) is 14.2. The number of thioether (sulfide) groups is 1. The van der Waals surface area contributed by atoms with E-state index in [1.807, 2.05) is 0 Å². The summed E-state index contributed by atoms with van der Waals surface area (Å²) < 4.78 is 12.2. The number of fused-ring (bicyclic) bond motifs is 5. The molecule has 7 heteroatoms. The highest BCUT2D eigenvalue weighted by molar-refractivity contribution is 8.13. The molecule has 0 bridgehead atoms. The number of rotatable bonds is 7. The molecule has 0 unspecified atom stereocenters. The number of esters is 1. The molecule has 4 fully saturated rings. The highest BCUT2D eigenvalue weighted by Gasteiger charge is 2.64. The van der Waals surface area contributed by atoms with E-state index in [9.17, 15) is 19.5 Å². The molecule has 0 aromatic carbocycles. The van der Waals surface area contributed by atoms with Gasteiger partial charge in [-0.25, -0.2) is 0 Å². The van der Waals surface area contributed by atoms with Gasteiger partial charge in [0, 0.05) is 11.8 Å². The first-order valence-corrected chi connectivity index (χ1v) is 16.0. The lowest BCUT2D eigenvalue weighted by Gasteiger charge is -2.59. The molecule has 0 radical (unpaired) electrons. The Morgan fingerprint density at radius 1 is 1.15 bits per heavy atom. The van der Waals surface area contributed by atoms with Crippen molar-refractivity contribution in [2.75, 3.05) is 6.26 Å². The van der Waals surface area contributed by atoms with Crippen LogP contribution in [-0.4, -0.2) is 51.6 Å². The summed E-state index contributed by atoms with van der Waals surface area (Å²) in [6, 6.07) is 0. The number of hydrogen-bond donors (Lipinski definition) is 1. The first-order valence-electron chi connectivity index (χ1n) is 14.7. The van der Waals surface area contributed by atoms with Crippen molar-refractivity contribution in [1.82, 2.24) is 0 Å².